The van der Waals surface area contributed by atoms with Gasteiger partial charge in [0.2, 0.25) is 17.8 Å². The Hall–Kier alpha value is -4.62. The SMILES string of the molecule is Nc1cc(C2CC2)nn1-c1nc(Nc2cc(C3CC3)[nH]n2)nc(N2CCC[C@H]2C(=O)Nc2cnccn2)n1. The third-order valence-electron chi connectivity index (χ3n) is 7.03. The molecule has 7 rings (SSSR count). The summed E-state index contributed by atoms with van der Waals surface area (Å²) in [5.41, 5.74) is 8.35. The van der Waals surface area contributed by atoms with Crippen LogP contribution < -0.4 is 21.3 Å². The van der Waals surface area contributed by atoms with Gasteiger partial charge >= 0.3 is 0 Å². The molecular weight excluding hydrogens is 486 g/mol. The lowest BCUT2D eigenvalue weighted by Crippen LogP contribution is -2.41. The van der Waals surface area contributed by atoms with Crippen LogP contribution in [0.1, 0.15) is 61.7 Å². The van der Waals surface area contributed by atoms with Gasteiger partial charge in [0.25, 0.3) is 5.95 Å². The molecule has 4 aromatic rings. The molecule has 0 bridgehead atoms. The molecule has 5 N–H and O–H groups in total. The summed E-state index contributed by atoms with van der Waals surface area (Å²) >= 11 is 0. The monoisotopic (exact) mass is 513 g/mol. The molecule has 194 valence electrons. The number of nitrogens with zero attached hydrogens (tertiary/aromatic N) is 9. The first-order valence-corrected chi connectivity index (χ1v) is 12.9. The lowest BCUT2D eigenvalue weighted by Gasteiger charge is -2.24. The van der Waals surface area contributed by atoms with Gasteiger partial charge in [-0.05, 0) is 38.5 Å². The Labute approximate surface area is 217 Å². The number of carbonyl (C=O) groups excluding carboxylic acids is 1. The Bertz CT molecular complexity index is 1470. The Morgan fingerprint density at radius 1 is 1.00 bits per heavy atom. The standard InChI is InChI=1S/C24H27N13O/c25-18-10-16(14-5-6-14)35-37(18)24-31-22(29-19-11-15(33-34-19)13-3-4-13)30-23(32-24)36-9-1-2-17(36)21(38)28-20-12-26-7-8-27-20/h7-8,10-14,17H,1-6,9,25H2,(H,27,28,38)(H2,29,30,31,32,33,34)/t17-/m0/s1. The normalized spacial score (nSPS) is 19.1. The van der Waals surface area contributed by atoms with Crippen molar-refractivity contribution in [2.75, 3.05) is 27.8 Å². The van der Waals surface area contributed by atoms with Crippen LogP contribution in [0.4, 0.5) is 29.4 Å². The summed E-state index contributed by atoms with van der Waals surface area (Å²) in [7, 11) is 0. The van der Waals surface area contributed by atoms with Crippen molar-refractivity contribution in [1.82, 2.24) is 44.9 Å². The second kappa shape index (κ2) is 9.04. The molecule has 0 aromatic carbocycles. The van der Waals surface area contributed by atoms with E-state index in [1.165, 1.54) is 17.1 Å². The van der Waals surface area contributed by atoms with Crippen LogP contribution >= 0.6 is 0 Å². The van der Waals surface area contributed by atoms with Crippen molar-refractivity contribution >= 4 is 35.3 Å². The fourth-order valence-electron chi connectivity index (χ4n) is 4.76. The summed E-state index contributed by atoms with van der Waals surface area (Å²) < 4.78 is 1.54. The van der Waals surface area contributed by atoms with E-state index < -0.39 is 6.04 Å². The first kappa shape index (κ1) is 22.6. The number of anilines is 5. The van der Waals surface area contributed by atoms with Crippen molar-refractivity contribution in [3.05, 3.63) is 42.1 Å². The molecule has 0 radical (unpaired) electrons. The first-order valence-electron chi connectivity index (χ1n) is 12.9. The Morgan fingerprint density at radius 3 is 2.63 bits per heavy atom. The van der Waals surface area contributed by atoms with Gasteiger partial charge in [-0.2, -0.15) is 29.8 Å². The summed E-state index contributed by atoms with van der Waals surface area (Å²) in [5, 5.41) is 18.2. The highest BCUT2D eigenvalue weighted by Crippen LogP contribution is 2.41. The lowest BCUT2D eigenvalue weighted by molar-refractivity contribution is -0.117. The fourth-order valence-corrected chi connectivity index (χ4v) is 4.76. The minimum absolute atomic E-state index is 0.199. The van der Waals surface area contributed by atoms with Gasteiger partial charge in [-0.25, -0.2) is 4.98 Å². The molecule has 3 aliphatic rings. The third kappa shape index (κ3) is 4.48. The predicted octanol–water partition coefficient (Wildman–Crippen LogP) is 2.26. The molecule has 1 saturated heterocycles. The molecule has 4 aromatic heterocycles. The van der Waals surface area contributed by atoms with Gasteiger partial charge < -0.3 is 21.3 Å². The summed E-state index contributed by atoms with van der Waals surface area (Å²) in [6.45, 7) is 0.609. The number of rotatable bonds is 8. The zero-order chi connectivity index (χ0) is 25.6. The fraction of sp³-hybridized carbons (Fsp3) is 0.417. The summed E-state index contributed by atoms with van der Waals surface area (Å²) in [4.78, 5) is 37.2. The van der Waals surface area contributed by atoms with Gasteiger partial charge in [0.15, 0.2) is 11.6 Å². The third-order valence-corrected chi connectivity index (χ3v) is 7.03. The van der Waals surface area contributed by atoms with E-state index in [0.29, 0.717) is 54.2 Å². The van der Waals surface area contributed by atoms with Crippen molar-refractivity contribution < 1.29 is 4.79 Å². The van der Waals surface area contributed by atoms with Crippen molar-refractivity contribution in [3.63, 3.8) is 0 Å². The van der Waals surface area contributed by atoms with Crippen molar-refractivity contribution in [2.45, 2.75) is 56.4 Å². The van der Waals surface area contributed by atoms with Crippen LogP contribution in [0, 0.1) is 0 Å². The van der Waals surface area contributed by atoms with Gasteiger partial charge in [-0.1, -0.05) is 0 Å². The number of hydrogen-bond donors (Lipinski definition) is 4. The van der Waals surface area contributed by atoms with E-state index in [0.717, 1.165) is 43.5 Å². The number of hydrogen-bond acceptors (Lipinski definition) is 11. The van der Waals surface area contributed by atoms with Crippen molar-refractivity contribution in [2.24, 2.45) is 0 Å². The molecule has 1 atom stereocenters. The minimum atomic E-state index is -0.482. The Morgan fingerprint density at radius 2 is 1.84 bits per heavy atom. The molecule has 14 heteroatoms. The number of H-pyrrole nitrogens is 1. The Balaban J connectivity index is 1.22. The number of nitrogens with two attached hydrogens (primary N) is 1. The molecule has 1 aliphatic heterocycles. The highest BCUT2D eigenvalue weighted by Gasteiger charge is 2.34. The molecule has 0 unspecified atom stereocenters. The molecule has 2 saturated carbocycles. The summed E-state index contributed by atoms with van der Waals surface area (Å²) in [5.74, 6) is 3.14. The average Bonchev–Trinajstić information content (AvgIpc) is 3.82. The minimum Gasteiger partial charge on any atom is -0.383 e. The predicted molar refractivity (Wildman–Crippen MR) is 138 cm³/mol. The van der Waals surface area contributed by atoms with E-state index in [9.17, 15) is 4.79 Å². The lowest BCUT2D eigenvalue weighted by atomic mass is 10.2. The quantitative estimate of drug-likeness (QED) is 0.271. The van der Waals surface area contributed by atoms with Gasteiger partial charge in [0.05, 0.1) is 11.9 Å². The second-order valence-corrected chi connectivity index (χ2v) is 9.98. The molecule has 38 heavy (non-hydrogen) atoms. The van der Waals surface area contributed by atoms with E-state index in [-0.39, 0.29) is 11.9 Å². The number of aromatic nitrogens is 9. The average molecular weight is 514 g/mol. The first-order chi connectivity index (χ1) is 18.6. The maximum Gasteiger partial charge on any atom is 0.259 e. The molecular formula is C24H27N13O. The summed E-state index contributed by atoms with van der Waals surface area (Å²) in [6, 6.07) is 3.36. The second-order valence-electron chi connectivity index (χ2n) is 9.98. The van der Waals surface area contributed by atoms with Crippen LogP contribution in [0.2, 0.25) is 0 Å². The van der Waals surface area contributed by atoms with E-state index in [2.05, 4.69) is 45.9 Å². The van der Waals surface area contributed by atoms with Gasteiger partial charge in [-0.15, -0.1) is 0 Å². The van der Waals surface area contributed by atoms with Crippen LogP contribution in [-0.2, 0) is 4.79 Å². The van der Waals surface area contributed by atoms with E-state index >= 15 is 0 Å². The highest BCUT2D eigenvalue weighted by atomic mass is 16.2. The molecule has 5 heterocycles. The Kier molecular flexibility index (Phi) is 5.37. The molecule has 0 spiro atoms. The number of aromatic amines is 1. The van der Waals surface area contributed by atoms with Crippen LogP contribution in [-0.4, -0.2) is 63.4 Å². The van der Waals surface area contributed by atoms with Gasteiger partial charge in [0, 0.05) is 48.6 Å². The topological polar surface area (TPSA) is 181 Å². The maximum absolute atomic E-state index is 13.2. The van der Waals surface area contributed by atoms with E-state index in [1.54, 1.807) is 6.20 Å². The van der Waals surface area contributed by atoms with Crippen LogP contribution in [0.15, 0.2) is 30.7 Å². The highest BCUT2D eigenvalue weighted by molar-refractivity contribution is 5.96. The van der Waals surface area contributed by atoms with E-state index in [4.69, 9.17) is 10.7 Å². The van der Waals surface area contributed by atoms with Gasteiger partial charge in [-0.3, -0.25) is 14.9 Å². The largest absolute Gasteiger partial charge is 0.383 e. The van der Waals surface area contributed by atoms with E-state index in [1.807, 2.05) is 17.0 Å². The zero-order valence-electron chi connectivity index (χ0n) is 20.6. The molecule has 3 fully saturated rings. The zero-order valence-corrected chi connectivity index (χ0v) is 20.6. The molecule has 1 amide bonds. The maximum atomic E-state index is 13.2. The number of amides is 1. The van der Waals surface area contributed by atoms with Crippen LogP contribution in [0.25, 0.3) is 5.95 Å². The molecule has 2 aliphatic carbocycles. The van der Waals surface area contributed by atoms with Crippen LogP contribution in [0.5, 0.6) is 0 Å². The van der Waals surface area contributed by atoms with Crippen molar-refractivity contribution in [3.8, 4) is 5.95 Å². The van der Waals surface area contributed by atoms with Gasteiger partial charge in [0.1, 0.15) is 11.9 Å². The van der Waals surface area contributed by atoms with Crippen LogP contribution in [0.3, 0.4) is 0 Å². The summed E-state index contributed by atoms with van der Waals surface area (Å²) in [6.07, 6.45) is 10.6. The smallest absolute Gasteiger partial charge is 0.259 e. The molecule has 14 nitrogen and oxygen atoms in total. The number of carbonyl (C=O) groups is 1. The number of nitrogens with one attached hydrogen (secondary N) is 3. The van der Waals surface area contributed by atoms with Crippen molar-refractivity contribution in [1.29, 1.82) is 0 Å². The number of nitrogen functional groups attached to an aromatic ring is 1.